The zero-order valence-corrected chi connectivity index (χ0v) is 12.9. The molecule has 1 saturated heterocycles. The second kappa shape index (κ2) is 7.06. The molecule has 1 atom stereocenters. The largest absolute Gasteiger partial charge is 0.378 e. The maximum atomic E-state index is 5.42. The van der Waals surface area contributed by atoms with Crippen molar-refractivity contribution in [2.45, 2.75) is 30.0 Å². The molecule has 1 aromatic carbocycles. The van der Waals surface area contributed by atoms with Crippen LogP contribution in [0.15, 0.2) is 33.7 Å². The minimum atomic E-state index is 0.274. The van der Waals surface area contributed by atoms with Crippen molar-refractivity contribution in [1.29, 1.82) is 0 Å². The van der Waals surface area contributed by atoms with Gasteiger partial charge in [-0.05, 0) is 18.6 Å². The molecule has 0 aliphatic carbocycles. The molecular weight excluding hydrogens is 286 g/mol. The Balaban J connectivity index is 1.54. The third-order valence-electron chi connectivity index (χ3n) is 3.38. The molecule has 1 aliphatic heterocycles. The molecule has 3 rings (SSSR count). The van der Waals surface area contributed by atoms with Gasteiger partial charge in [-0.2, -0.15) is 4.98 Å². The van der Waals surface area contributed by atoms with E-state index in [1.807, 2.05) is 12.1 Å². The number of hydrogen-bond donors (Lipinski definition) is 1. The number of nitrogens with zero attached hydrogens (tertiary/aromatic N) is 2. The fourth-order valence-corrected chi connectivity index (χ4v) is 3.13. The van der Waals surface area contributed by atoms with Crippen molar-refractivity contribution in [3.63, 3.8) is 0 Å². The third-order valence-corrected chi connectivity index (χ3v) is 4.55. The van der Waals surface area contributed by atoms with Crippen molar-refractivity contribution in [3.05, 3.63) is 41.5 Å². The van der Waals surface area contributed by atoms with E-state index in [0.29, 0.717) is 12.5 Å². The second-order valence-corrected chi connectivity index (χ2v) is 6.11. The number of aromatic nitrogens is 2. The highest BCUT2D eigenvalue weighted by atomic mass is 32.2. The minimum Gasteiger partial charge on any atom is -0.378 e. The van der Waals surface area contributed by atoms with Crippen molar-refractivity contribution in [2.24, 2.45) is 0 Å². The molecule has 1 aromatic heterocycles. The molecule has 0 spiro atoms. The summed E-state index contributed by atoms with van der Waals surface area (Å²) in [7, 11) is 0. The Bertz CT molecular complexity index is 582. The lowest BCUT2D eigenvalue weighted by Gasteiger charge is -2.22. The lowest BCUT2D eigenvalue weighted by Crippen LogP contribution is -2.42. The Hall–Kier alpha value is -1.37. The normalized spacial score (nSPS) is 18.8. The van der Waals surface area contributed by atoms with Gasteiger partial charge in [0.1, 0.15) is 0 Å². The van der Waals surface area contributed by atoms with Crippen LogP contribution in [-0.2, 0) is 16.9 Å². The summed E-state index contributed by atoms with van der Waals surface area (Å²) >= 11 is 1.73. The average Bonchev–Trinajstić information content (AvgIpc) is 2.95. The molecular formula is C15H19N3O2S. The number of morpholine rings is 1. The molecule has 112 valence electrons. The zero-order valence-electron chi connectivity index (χ0n) is 12.0. The predicted molar refractivity (Wildman–Crippen MR) is 81.4 cm³/mol. The molecule has 6 heteroatoms. The highest BCUT2D eigenvalue weighted by Gasteiger charge is 2.17. The summed E-state index contributed by atoms with van der Waals surface area (Å²) in [4.78, 5) is 5.71. The Morgan fingerprint density at radius 2 is 2.29 bits per heavy atom. The Kier molecular flexibility index (Phi) is 4.90. The molecule has 5 nitrogen and oxygen atoms in total. The summed E-state index contributed by atoms with van der Waals surface area (Å²) in [5.74, 6) is 2.15. The predicted octanol–water partition coefficient (Wildman–Crippen LogP) is 2.20. The van der Waals surface area contributed by atoms with E-state index < -0.39 is 0 Å². The lowest BCUT2D eigenvalue weighted by molar-refractivity contribution is 0.0744. The van der Waals surface area contributed by atoms with E-state index in [2.05, 4.69) is 34.5 Å². The quantitative estimate of drug-likeness (QED) is 0.855. The van der Waals surface area contributed by atoms with Gasteiger partial charge in [0.2, 0.25) is 5.89 Å². The zero-order chi connectivity index (χ0) is 14.5. The van der Waals surface area contributed by atoms with Crippen LogP contribution in [0.2, 0.25) is 0 Å². The van der Waals surface area contributed by atoms with Crippen LogP contribution >= 0.6 is 11.8 Å². The number of ether oxygens (including phenoxy) is 1. The van der Waals surface area contributed by atoms with Crippen LogP contribution in [0.3, 0.4) is 0 Å². The van der Waals surface area contributed by atoms with E-state index >= 15 is 0 Å². The smallest absolute Gasteiger partial charge is 0.228 e. The van der Waals surface area contributed by atoms with Crippen molar-refractivity contribution >= 4 is 11.8 Å². The van der Waals surface area contributed by atoms with Crippen LogP contribution in [0.4, 0.5) is 0 Å². The summed E-state index contributed by atoms with van der Waals surface area (Å²) in [5, 5.41) is 7.44. The molecule has 21 heavy (non-hydrogen) atoms. The minimum absolute atomic E-state index is 0.274. The van der Waals surface area contributed by atoms with E-state index in [0.717, 1.165) is 31.1 Å². The number of rotatable bonds is 5. The van der Waals surface area contributed by atoms with Gasteiger partial charge in [-0.1, -0.05) is 23.4 Å². The fourth-order valence-electron chi connectivity index (χ4n) is 2.25. The summed E-state index contributed by atoms with van der Waals surface area (Å²) < 4.78 is 10.7. The van der Waals surface area contributed by atoms with Gasteiger partial charge in [0.05, 0.1) is 19.0 Å². The van der Waals surface area contributed by atoms with Gasteiger partial charge in [-0.3, -0.25) is 0 Å². The molecule has 1 N–H and O–H groups in total. The molecule has 0 bridgehead atoms. The van der Waals surface area contributed by atoms with Crippen molar-refractivity contribution in [2.75, 3.05) is 19.8 Å². The van der Waals surface area contributed by atoms with E-state index in [-0.39, 0.29) is 6.04 Å². The summed E-state index contributed by atoms with van der Waals surface area (Å²) in [6, 6.07) is 8.59. The van der Waals surface area contributed by atoms with Crippen LogP contribution in [-0.4, -0.2) is 35.9 Å². The Morgan fingerprint density at radius 1 is 1.38 bits per heavy atom. The summed E-state index contributed by atoms with van der Waals surface area (Å²) in [5.41, 5.74) is 1.27. The topological polar surface area (TPSA) is 60.2 Å². The lowest BCUT2D eigenvalue weighted by atomic mass is 10.2. The Morgan fingerprint density at radius 3 is 3.10 bits per heavy atom. The molecule has 0 radical (unpaired) electrons. The van der Waals surface area contributed by atoms with Gasteiger partial charge in [-0.25, -0.2) is 0 Å². The molecule has 0 saturated carbocycles. The first-order valence-corrected chi connectivity index (χ1v) is 8.11. The summed E-state index contributed by atoms with van der Waals surface area (Å²) in [6.07, 6.45) is 0.724. The van der Waals surface area contributed by atoms with Crippen LogP contribution < -0.4 is 5.32 Å². The fraction of sp³-hybridized carbons (Fsp3) is 0.467. The molecule has 1 unspecified atom stereocenters. The van der Waals surface area contributed by atoms with Crippen LogP contribution in [0.25, 0.3) is 0 Å². The van der Waals surface area contributed by atoms with Gasteiger partial charge in [0, 0.05) is 23.9 Å². The number of nitrogens with one attached hydrogen (secondary N) is 1. The van der Waals surface area contributed by atoms with Crippen molar-refractivity contribution < 1.29 is 9.26 Å². The standard InChI is InChI=1S/C15H19N3O2S/c1-11-4-2-3-5-13(11)21-10-14-17-15(20-18-14)8-12-9-19-7-6-16-12/h2-5,12,16H,6-10H2,1H3. The van der Waals surface area contributed by atoms with Gasteiger partial charge >= 0.3 is 0 Å². The molecule has 0 amide bonds. The Labute approximate surface area is 128 Å². The van der Waals surface area contributed by atoms with Gasteiger partial charge in [-0.15, -0.1) is 11.8 Å². The van der Waals surface area contributed by atoms with Crippen LogP contribution in [0.5, 0.6) is 0 Å². The number of hydrogen-bond acceptors (Lipinski definition) is 6. The van der Waals surface area contributed by atoms with Crippen molar-refractivity contribution in [1.82, 2.24) is 15.5 Å². The maximum absolute atomic E-state index is 5.42. The molecule has 2 aromatic rings. The van der Waals surface area contributed by atoms with E-state index in [4.69, 9.17) is 9.26 Å². The molecule has 1 aliphatic rings. The van der Waals surface area contributed by atoms with Crippen LogP contribution in [0, 0.1) is 6.92 Å². The van der Waals surface area contributed by atoms with E-state index in [1.54, 1.807) is 11.8 Å². The third kappa shape index (κ3) is 4.06. The van der Waals surface area contributed by atoms with Crippen LogP contribution in [0.1, 0.15) is 17.3 Å². The van der Waals surface area contributed by atoms with E-state index in [9.17, 15) is 0 Å². The highest BCUT2D eigenvalue weighted by molar-refractivity contribution is 7.98. The molecule has 1 fully saturated rings. The average molecular weight is 305 g/mol. The first-order chi connectivity index (χ1) is 10.3. The highest BCUT2D eigenvalue weighted by Crippen LogP contribution is 2.24. The number of benzene rings is 1. The molecule has 2 heterocycles. The van der Waals surface area contributed by atoms with Crippen molar-refractivity contribution in [3.8, 4) is 0 Å². The first-order valence-electron chi connectivity index (χ1n) is 7.12. The van der Waals surface area contributed by atoms with E-state index in [1.165, 1.54) is 10.5 Å². The monoisotopic (exact) mass is 305 g/mol. The summed E-state index contributed by atoms with van der Waals surface area (Å²) in [6.45, 7) is 4.47. The maximum Gasteiger partial charge on any atom is 0.228 e. The van der Waals surface area contributed by atoms with Gasteiger partial charge in [0.25, 0.3) is 0 Å². The number of aryl methyl sites for hydroxylation is 1. The van der Waals surface area contributed by atoms with Gasteiger partial charge in [0.15, 0.2) is 5.82 Å². The SMILES string of the molecule is Cc1ccccc1SCc1noc(CC2COCCN2)n1. The number of thioether (sulfide) groups is 1. The second-order valence-electron chi connectivity index (χ2n) is 5.09. The first kappa shape index (κ1) is 14.6. The van der Waals surface area contributed by atoms with Gasteiger partial charge < -0.3 is 14.6 Å².